The van der Waals surface area contributed by atoms with Crippen molar-refractivity contribution in [3.8, 4) is 0 Å². The van der Waals surface area contributed by atoms with Crippen molar-refractivity contribution < 1.29 is 4.79 Å². The van der Waals surface area contributed by atoms with E-state index in [9.17, 15) is 4.79 Å². The fraction of sp³-hybridized carbons (Fsp3) is 0.588. The largest absolute Gasteiger partial charge is 0.349 e. The molecule has 114 valence electrons. The predicted octanol–water partition coefficient (Wildman–Crippen LogP) is 2.99. The Morgan fingerprint density at radius 3 is 2.52 bits per heavy atom. The summed E-state index contributed by atoms with van der Waals surface area (Å²) in [5, 5.41) is 0.755. The van der Waals surface area contributed by atoms with Gasteiger partial charge in [-0.2, -0.15) is 0 Å². The molecule has 2 saturated heterocycles. The van der Waals surface area contributed by atoms with Gasteiger partial charge in [-0.15, -0.1) is 0 Å². The topological polar surface area (TPSA) is 23.6 Å². The number of hydrogen-bond acceptors (Lipinski definition) is 2. The standard InChI is InChI=1S/C17H23ClN2O/c1-19(2)17(21)16-14(11-4-6-12(18)7-5-11)10-13-8-9-15(16)20(13)3/h4-7,13-16H,8-10H2,1-3H3/t13-,14+,15+,16-/m0/s1. The number of carbonyl (C=O) groups excluding carboxylic acids is 1. The molecular formula is C17H23ClN2O. The van der Waals surface area contributed by atoms with Crippen molar-refractivity contribution in [2.24, 2.45) is 5.92 Å². The van der Waals surface area contributed by atoms with Gasteiger partial charge in [0.05, 0.1) is 5.92 Å². The number of fused-ring (bicyclic) bond motifs is 2. The van der Waals surface area contributed by atoms with Crippen molar-refractivity contribution in [2.75, 3.05) is 21.1 Å². The van der Waals surface area contributed by atoms with E-state index in [-0.39, 0.29) is 11.8 Å². The van der Waals surface area contributed by atoms with Crippen LogP contribution in [-0.4, -0.2) is 48.9 Å². The average molecular weight is 307 g/mol. The van der Waals surface area contributed by atoms with Crippen molar-refractivity contribution >= 4 is 17.5 Å². The molecule has 1 aromatic carbocycles. The van der Waals surface area contributed by atoms with E-state index < -0.39 is 0 Å². The second kappa shape index (κ2) is 5.62. The quantitative estimate of drug-likeness (QED) is 0.838. The van der Waals surface area contributed by atoms with E-state index in [4.69, 9.17) is 11.6 Å². The smallest absolute Gasteiger partial charge is 0.227 e. The summed E-state index contributed by atoms with van der Waals surface area (Å²) in [5.41, 5.74) is 1.25. The average Bonchev–Trinajstić information content (AvgIpc) is 2.71. The molecule has 3 rings (SSSR count). The molecular weight excluding hydrogens is 284 g/mol. The van der Waals surface area contributed by atoms with Gasteiger partial charge < -0.3 is 4.90 Å². The van der Waals surface area contributed by atoms with Gasteiger partial charge in [-0.25, -0.2) is 0 Å². The van der Waals surface area contributed by atoms with Crippen molar-refractivity contribution in [3.63, 3.8) is 0 Å². The van der Waals surface area contributed by atoms with Crippen LogP contribution in [0.3, 0.4) is 0 Å². The van der Waals surface area contributed by atoms with Crippen LogP contribution in [0.15, 0.2) is 24.3 Å². The summed E-state index contributed by atoms with van der Waals surface area (Å²) in [7, 11) is 5.90. The van der Waals surface area contributed by atoms with Crippen molar-refractivity contribution in [2.45, 2.75) is 37.3 Å². The maximum absolute atomic E-state index is 12.8. The lowest BCUT2D eigenvalue weighted by Crippen LogP contribution is -2.51. The van der Waals surface area contributed by atoms with Crippen molar-refractivity contribution in [3.05, 3.63) is 34.9 Å². The zero-order chi connectivity index (χ0) is 15.1. The van der Waals surface area contributed by atoms with Crippen molar-refractivity contribution in [1.82, 2.24) is 9.80 Å². The Kier molecular flexibility index (Phi) is 3.98. The Morgan fingerprint density at radius 1 is 1.24 bits per heavy atom. The van der Waals surface area contributed by atoms with Crippen LogP contribution in [-0.2, 0) is 4.79 Å². The summed E-state index contributed by atoms with van der Waals surface area (Å²) >= 11 is 6.01. The number of carbonyl (C=O) groups is 1. The summed E-state index contributed by atoms with van der Waals surface area (Å²) in [6, 6.07) is 9.05. The van der Waals surface area contributed by atoms with E-state index in [0.717, 1.165) is 17.9 Å². The number of rotatable bonds is 2. The fourth-order valence-corrected chi connectivity index (χ4v) is 4.28. The third-order valence-corrected chi connectivity index (χ3v) is 5.54. The Hall–Kier alpha value is -1.06. The molecule has 2 aliphatic rings. The predicted molar refractivity (Wildman–Crippen MR) is 85.6 cm³/mol. The zero-order valence-electron chi connectivity index (χ0n) is 12.9. The van der Waals surface area contributed by atoms with E-state index in [2.05, 4.69) is 24.1 Å². The summed E-state index contributed by atoms with van der Waals surface area (Å²) in [6.45, 7) is 0. The molecule has 1 aromatic rings. The highest BCUT2D eigenvalue weighted by molar-refractivity contribution is 6.30. The molecule has 0 saturated carbocycles. The highest BCUT2D eigenvalue weighted by Gasteiger charge is 2.49. The van der Waals surface area contributed by atoms with E-state index in [1.54, 1.807) is 4.90 Å². The highest BCUT2D eigenvalue weighted by atomic mass is 35.5. The van der Waals surface area contributed by atoms with Gasteiger partial charge in [0.1, 0.15) is 0 Å². The Morgan fingerprint density at radius 2 is 1.90 bits per heavy atom. The number of nitrogens with zero attached hydrogens (tertiary/aromatic N) is 2. The molecule has 0 spiro atoms. The fourth-order valence-electron chi connectivity index (χ4n) is 4.15. The number of piperidine rings is 1. The normalized spacial score (nSPS) is 32.2. The molecule has 0 aliphatic carbocycles. The molecule has 0 aromatic heterocycles. The van der Waals surface area contributed by atoms with Crippen LogP contribution in [0, 0.1) is 5.92 Å². The van der Waals surface area contributed by atoms with E-state index >= 15 is 0 Å². The lowest BCUT2D eigenvalue weighted by Gasteiger charge is -2.43. The van der Waals surface area contributed by atoms with E-state index in [1.165, 1.54) is 12.0 Å². The Labute approximate surface area is 131 Å². The van der Waals surface area contributed by atoms with E-state index in [1.807, 2.05) is 26.2 Å². The molecule has 4 atom stereocenters. The molecule has 2 bridgehead atoms. The second-order valence-corrected chi connectivity index (χ2v) is 7.05. The molecule has 0 radical (unpaired) electrons. The van der Waals surface area contributed by atoms with Gasteiger partial charge in [0.15, 0.2) is 0 Å². The number of halogens is 1. The molecule has 2 aliphatic heterocycles. The first-order valence-electron chi connectivity index (χ1n) is 7.67. The number of hydrogen-bond donors (Lipinski definition) is 0. The van der Waals surface area contributed by atoms with Crippen LogP contribution in [0.1, 0.15) is 30.7 Å². The Balaban J connectivity index is 1.96. The first-order chi connectivity index (χ1) is 9.99. The van der Waals surface area contributed by atoms with Gasteiger partial charge in [0.25, 0.3) is 0 Å². The van der Waals surface area contributed by atoms with Crippen LogP contribution in [0.25, 0.3) is 0 Å². The summed E-state index contributed by atoms with van der Waals surface area (Å²) in [6.07, 6.45) is 3.41. The Bertz CT molecular complexity index is 528. The first-order valence-corrected chi connectivity index (χ1v) is 8.05. The molecule has 2 heterocycles. The van der Waals surface area contributed by atoms with E-state index in [0.29, 0.717) is 18.0 Å². The van der Waals surface area contributed by atoms with Gasteiger partial charge in [-0.05, 0) is 49.9 Å². The van der Waals surface area contributed by atoms with Gasteiger partial charge >= 0.3 is 0 Å². The van der Waals surface area contributed by atoms with Crippen LogP contribution in [0.2, 0.25) is 5.02 Å². The minimum Gasteiger partial charge on any atom is -0.349 e. The SMILES string of the molecule is CN(C)C(=O)[C@H]1[C@@H](c2ccc(Cl)cc2)C[C@@H]2CC[C@H]1N2C. The molecule has 4 heteroatoms. The van der Waals surface area contributed by atoms with Crippen LogP contribution < -0.4 is 0 Å². The molecule has 21 heavy (non-hydrogen) atoms. The van der Waals surface area contributed by atoms with Gasteiger partial charge in [0.2, 0.25) is 5.91 Å². The van der Waals surface area contributed by atoms with Crippen molar-refractivity contribution in [1.29, 1.82) is 0 Å². The third kappa shape index (κ3) is 2.58. The number of benzene rings is 1. The zero-order valence-corrected chi connectivity index (χ0v) is 13.7. The van der Waals surface area contributed by atoms with Crippen LogP contribution >= 0.6 is 11.6 Å². The number of amides is 1. The summed E-state index contributed by atoms with van der Waals surface area (Å²) in [5.74, 6) is 0.628. The second-order valence-electron chi connectivity index (χ2n) is 6.62. The van der Waals surface area contributed by atoms with Gasteiger partial charge in [0, 0.05) is 31.2 Å². The minimum atomic E-state index is 0.0601. The molecule has 0 N–H and O–H groups in total. The first kappa shape index (κ1) is 14.9. The minimum absolute atomic E-state index is 0.0601. The lowest BCUT2D eigenvalue weighted by atomic mass is 9.75. The van der Waals surface area contributed by atoms with Crippen LogP contribution in [0.5, 0.6) is 0 Å². The maximum atomic E-state index is 12.8. The molecule has 2 fully saturated rings. The molecule has 3 nitrogen and oxygen atoms in total. The highest BCUT2D eigenvalue weighted by Crippen LogP contribution is 2.46. The van der Waals surface area contributed by atoms with Gasteiger partial charge in [-0.1, -0.05) is 23.7 Å². The third-order valence-electron chi connectivity index (χ3n) is 5.29. The monoisotopic (exact) mass is 306 g/mol. The lowest BCUT2D eigenvalue weighted by molar-refractivity contribution is -0.137. The maximum Gasteiger partial charge on any atom is 0.227 e. The van der Waals surface area contributed by atoms with Crippen LogP contribution in [0.4, 0.5) is 0 Å². The molecule has 1 amide bonds. The van der Waals surface area contributed by atoms with Gasteiger partial charge in [-0.3, -0.25) is 9.69 Å². The molecule has 0 unspecified atom stereocenters. The summed E-state index contributed by atoms with van der Waals surface area (Å²) < 4.78 is 0. The summed E-state index contributed by atoms with van der Waals surface area (Å²) in [4.78, 5) is 16.9.